The average molecular weight is 769 g/mol. The van der Waals surface area contributed by atoms with E-state index in [0.717, 1.165) is 20.3 Å². The zero-order chi connectivity index (χ0) is 40.3. The van der Waals surface area contributed by atoms with E-state index >= 15 is 0 Å². The van der Waals surface area contributed by atoms with Crippen LogP contribution < -0.4 is 0 Å². The van der Waals surface area contributed by atoms with Gasteiger partial charge in [0.15, 0.2) is 17.4 Å². The van der Waals surface area contributed by atoms with Crippen LogP contribution in [0.3, 0.4) is 0 Å². The maximum Gasteiger partial charge on any atom is 0.341 e. The number of aliphatic imine (C=N–C) groups is 2. The number of rotatable bonds is 9. The van der Waals surface area contributed by atoms with Crippen molar-refractivity contribution in [2.75, 3.05) is 48.7 Å². The fourth-order valence-corrected chi connectivity index (χ4v) is 8.47. The number of aliphatic hydroxyl groups excluding tert-OH is 2. The van der Waals surface area contributed by atoms with E-state index in [0.29, 0.717) is 13.0 Å². The molecule has 0 spiro atoms. The third kappa shape index (κ3) is 5.75. The van der Waals surface area contributed by atoms with Crippen molar-refractivity contribution in [3.63, 3.8) is 0 Å². The Morgan fingerprint density at radius 1 is 0.945 bits per heavy atom. The third-order valence-corrected chi connectivity index (χ3v) is 11.0. The molecule has 0 radical (unpaired) electrons. The van der Waals surface area contributed by atoms with Crippen LogP contribution in [0.25, 0.3) is 0 Å². The van der Waals surface area contributed by atoms with Gasteiger partial charge in [-0.1, -0.05) is 6.07 Å². The van der Waals surface area contributed by atoms with Crippen LogP contribution in [-0.4, -0.2) is 151 Å². The van der Waals surface area contributed by atoms with Crippen LogP contribution in [0.15, 0.2) is 22.1 Å². The van der Waals surface area contributed by atoms with E-state index in [-0.39, 0.29) is 46.6 Å². The van der Waals surface area contributed by atoms with Gasteiger partial charge in [-0.25, -0.2) is 4.79 Å². The zero-order valence-corrected chi connectivity index (χ0v) is 31.4. The van der Waals surface area contributed by atoms with Crippen molar-refractivity contribution < 1.29 is 73.1 Å². The van der Waals surface area contributed by atoms with Gasteiger partial charge in [0.25, 0.3) is 0 Å². The lowest BCUT2D eigenvalue weighted by atomic mass is 9.56. The summed E-state index contributed by atoms with van der Waals surface area (Å²) in [7, 11) is 6.28. The number of aryl methyl sites for hydroxylation is 1. The van der Waals surface area contributed by atoms with Gasteiger partial charge in [0, 0.05) is 76.7 Å². The molecule has 0 saturated carbocycles. The van der Waals surface area contributed by atoms with Crippen LogP contribution in [0.4, 0.5) is 0 Å². The first-order chi connectivity index (χ1) is 26.1. The lowest BCUT2D eigenvalue weighted by molar-refractivity contribution is -0.228. The van der Waals surface area contributed by atoms with E-state index in [1.165, 1.54) is 34.3 Å². The summed E-state index contributed by atoms with van der Waals surface area (Å²) in [5, 5.41) is 58.8. The van der Waals surface area contributed by atoms with Crippen molar-refractivity contribution in [1.29, 1.82) is 0 Å². The Kier molecular flexibility index (Phi) is 10.9. The highest BCUT2D eigenvalue weighted by atomic mass is 16.6. The van der Waals surface area contributed by atoms with Crippen molar-refractivity contribution >= 4 is 34.7 Å². The number of methoxy groups -OCH3 is 5. The minimum atomic E-state index is -3.20. The molecule has 1 heterocycles. The lowest BCUT2D eigenvalue weighted by Gasteiger charge is -2.53. The largest absolute Gasteiger partial charge is 0.507 e. The van der Waals surface area contributed by atoms with E-state index in [9.17, 15) is 44.7 Å². The number of nitrogens with zero attached hydrogens (tertiary/aromatic N) is 2. The smallest absolute Gasteiger partial charge is 0.341 e. The fourth-order valence-electron chi connectivity index (χ4n) is 8.47. The molecule has 1 fully saturated rings. The van der Waals surface area contributed by atoms with Crippen molar-refractivity contribution in [2.45, 2.75) is 81.1 Å². The number of aliphatic hydroxyl groups is 3. The summed E-state index contributed by atoms with van der Waals surface area (Å²) in [6, 6.07) is 2.39. The Morgan fingerprint density at radius 2 is 1.64 bits per heavy atom. The average Bonchev–Trinajstić information content (AvgIpc) is 3.14. The second kappa shape index (κ2) is 14.9. The molecular weight excluding hydrogens is 724 g/mol. The maximum atomic E-state index is 14.9. The first-order valence-corrected chi connectivity index (χ1v) is 17.5. The summed E-state index contributed by atoms with van der Waals surface area (Å²) in [5.41, 5.74) is -8.64. The quantitative estimate of drug-likeness (QED) is 0.174. The zero-order valence-electron chi connectivity index (χ0n) is 31.4. The number of ether oxygens (including phenoxy) is 6. The Hall–Kier alpha value is -4.46. The molecule has 0 aromatic heterocycles. The van der Waals surface area contributed by atoms with E-state index in [4.69, 9.17) is 28.4 Å². The molecular formula is C38H44N2O15. The molecule has 1 saturated heterocycles. The minimum absolute atomic E-state index is 0.0281. The number of aromatic hydroxyl groups is 2. The summed E-state index contributed by atoms with van der Waals surface area (Å²) in [5.74, 6) is -6.09. The molecule has 4 aliphatic rings. The van der Waals surface area contributed by atoms with Crippen LogP contribution in [0.1, 0.15) is 83.5 Å². The monoisotopic (exact) mass is 768 g/mol. The van der Waals surface area contributed by atoms with E-state index in [2.05, 4.69) is 9.98 Å². The highest BCUT2D eigenvalue weighted by molar-refractivity contribution is 6.54. The Balaban J connectivity index is 1.59. The predicted octanol–water partition coefficient (Wildman–Crippen LogP) is 0.751. The second-order valence-electron chi connectivity index (χ2n) is 13.9. The van der Waals surface area contributed by atoms with E-state index in [1.54, 1.807) is 6.92 Å². The summed E-state index contributed by atoms with van der Waals surface area (Å²) >= 11 is 0. The van der Waals surface area contributed by atoms with Gasteiger partial charge in [0.1, 0.15) is 35.4 Å². The maximum absolute atomic E-state index is 14.9. The number of phenols is 2. The van der Waals surface area contributed by atoms with Crippen LogP contribution in [0, 0.1) is 6.92 Å². The number of carbonyl (C=O) groups is 4. The number of carbonyl (C=O) groups excluding carboxylic acids is 4. The van der Waals surface area contributed by atoms with Crippen molar-refractivity contribution in [3.8, 4) is 11.5 Å². The predicted molar refractivity (Wildman–Crippen MR) is 191 cm³/mol. The number of hydrogen-bond acceptors (Lipinski definition) is 17. The van der Waals surface area contributed by atoms with E-state index < -0.39 is 111 Å². The molecule has 6 rings (SSSR count). The highest BCUT2D eigenvalue weighted by Crippen LogP contribution is 2.56. The van der Waals surface area contributed by atoms with Crippen LogP contribution in [0.5, 0.6) is 11.5 Å². The summed E-state index contributed by atoms with van der Waals surface area (Å²) in [6.45, 7) is 3.60. The molecule has 8 atom stereocenters. The molecule has 0 bridgehead atoms. The van der Waals surface area contributed by atoms with Gasteiger partial charge >= 0.3 is 5.97 Å². The van der Waals surface area contributed by atoms with Crippen LogP contribution >= 0.6 is 0 Å². The first-order valence-electron chi connectivity index (χ1n) is 17.5. The molecule has 17 heteroatoms. The Bertz CT molecular complexity index is 2030. The van der Waals surface area contributed by atoms with Crippen molar-refractivity contribution in [2.24, 2.45) is 9.98 Å². The molecule has 5 N–H and O–H groups in total. The van der Waals surface area contributed by atoms with Gasteiger partial charge in [0.2, 0.25) is 17.3 Å². The molecule has 296 valence electrons. The van der Waals surface area contributed by atoms with Crippen molar-refractivity contribution in [1.82, 2.24) is 0 Å². The van der Waals surface area contributed by atoms with Crippen LogP contribution in [-0.2, 0) is 40.4 Å². The number of benzene rings is 2. The fraction of sp³-hybridized carbons (Fsp3) is 0.526. The summed E-state index contributed by atoms with van der Waals surface area (Å²) in [6.07, 6.45) is -7.10. The highest BCUT2D eigenvalue weighted by Gasteiger charge is 2.72. The number of ketones is 3. The molecule has 55 heavy (non-hydrogen) atoms. The van der Waals surface area contributed by atoms with Crippen molar-refractivity contribution in [3.05, 3.63) is 56.6 Å². The molecule has 3 aliphatic carbocycles. The van der Waals surface area contributed by atoms with E-state index in [1.807, 2.05) is 0 Å². The SMILES string of the molecule is COCCCN=C1CC(=NC2OC(C)C(OC)C(O)C2OC)C(=O)c2cc3c(c(O)c21)C(=O)[C@]1(OC)[C@H](O)Cc2cc(C)c(C(=O)OC)c(O)c2[C@]1(O)C3=O. The van der Waals surface area contributed by atoms with Gasteiger partial charge in [-0.3, -0.25) is 24.4 Å². The molecule has 5 unspecified atom stereocenters. The molecule has 2 aromatic carbocycles. The minimum Gasteiger partial charge on any atom is -0.507 e. The second-order valence-corrected chi connectivity index (χ2v) is 13.9. The molecule has 17 nitrogen and oxygen atoms in total. The van der Waals surface area contributed by atoms with Gasteiger partial charge in [-0.15, -0.1) is 0 Å². The van der Waals surface area contributed by atoms with Gasteiger partial charge in [0.05, 0.1) is 36.3 Å². The summed E-state index contributed by atoms with van der Waals surface area (Å²) in [4.78, 5) is 66.0. The normalized spacial score (nSPS) is 31.6. The Labute approximate surface area is 315 Å². The number of Topliss-reactive ketones (excluding diaryl/α,β-unsaturated/α-hetero) is 3. The molecule has 2 aromatic rings. The topological polar surface area (TPSA) is 250 Å². The number of hydrogen-bond donors (Lipinski definition) is 5. The standard InChI is InChI=1S/C38H44N2O15/c1-15-11-17-12-22(41)38(54-7)34(47)25-19(33(46)37(38,49)26(17)29(44)23(15)36(48)53-6)13-18-24(28(25)43)20(39-9-8-10-50-3)14-21(27(18)42)40-35-32(52-5)30(45)31(51-4)16(2)55-35/h11,13,16,22,30-32,35,41,43-45,49H,8-10,12,14H2,1-7H3/t16?,22-,30?,31?,32?,35?,37+,38-/m1/s1. The number of fused-ring (bicyclic) bond motifs is 5. The van der Waals surface area contributed by atoms with Crippen LogP contribution in [0.2, 0.25) is 0 Å². The first kappa shape index (κ1) is 40.2. The summed E-state index contributed by atoms with van der Waals surface area (Å²) < 4.78 is 32.5. The lowest BCUT2D eigenvalue weighted by Crippen LogP contribution is -2.73. The molecule has 1 aliphatic heterocycles. The third-order valence-electron chi connectivity index (χ3n) is 11.0. The number of esters is 1. The Morgan fingerprint density at radius 3 is 2.25 bits per heavy atom. The van der Waals surface area contributed by atoms with Gasteiger partial charge in [-0.2, -0.15) is 0 Å². The molecule has 0 amide bonds. The number of phenolic OH excluding ortho intramolecular Hbond substituents is 2. The van der Waals surface area contributed by atoms with Gasteiger partial charge < -0.3 is 54.0 Å². The van der Waals surface area contributed by atoms with Gasteiger partial charge in [-0.05, 0) is 37.5 Å².